The van der Waals surface area contributed by atoms with Gasteiger partial charge >= 0.3 is 0 Å². The summed E-state index contributed by atoms with van der Waals surface area (Å²) in [5, 5.41) is 5.47. The number of carbonyl (C=O) groups excluding carboxylic acids is 1. The van der Waals surface area contributed by atoms with Gasteiger partial charge < -0.3 is 5.32 Å². The molecule has 11 heavy (non-hydrogen) atoms. The molecule has 1 aliphatic heterocycles. The van der Waals surface area contributed by atoms with Crippen LogP contribution in [0.2, 0.25) is 0 Å². The van der Waals surface area contributed by atoms with Crippen molar-refractivity contribution in [1.82, 2.24) is 5.32 Å². The highest BCUT2D eigenvalue weighted by atomic mass is 33.1. The van der Waals surface area contributed by atoms with Crippen molar-refractivity contribution in [3.8, 4) is 0 Å². The molecule has 0 aromatic carbocycles. The monoisotopic (exact) mass is 189 g/mol. The molecule has 0 aliphatic carbocycles. The standard InChI is InChI=1S/C7H11NOS2/c1-6(9)8-4-2-7-3-5-10-11-7/h3,5,7H,2,4H2,1H3,(H,8,9). The molecule has 2 nitrogen and oxygen atoms in total. The van der Waals surface area contributed by atoms with E-state index < -0.39 is 0 Å². The van der Waals surface area contributed by atoms with Gasteiger partial charge in [-0.25, -0.2) is 0 Å². The Hall–Kier alpha value is -0.0900. The molecule has 0 spiro atoms. The summed E-state index contributed by atoms with van der Waals surface area (Å²) in [4.78, 5) is 10.5. The summed E-state index contributed by atoms with van der Waals surface area (Å²) in [7, 11) is 3.61. The summed E-state index contributed by atoms with van der Waals surface area (Å²) >= 11 is 0. The van der Waals surface area contributed by atoms with Gasteiger partial charge in [0.05, 0.1) is 0 Å². The molecule has 1 heterocycles. The van der Waals surface area contributed by atoms with E-state index >= 15 is 0 Å². The second-order valence-corrected chi connectivity index (χ2v) is 4.75. The van der Waals surface area contributed by atoms with Crippen molar-refractivity contribution in [3.63, 3.8) is 0 Å². The lowest BCUT2D eigenvalue weighted by atomic mass is 10.3. The van der Waals surface area contributed by atoms with Crippen molar-refractivity contribution in [2.45, 2.75) is 18.6 Å². The number of carbonyl (C=O) groups is 1. The second kappa shape index (κ2) is 4.72. The Kier molecular flexibility index (Phi) is 3.86. The molecule has 0 aromatic heterocycles. The summed E-state index contributed by atoms with van der Waals surface area (Å²) in [6.45, 7) is 2.34. The van der Waals surface area contributed by atoms with Gasteiger partial charge in [-0.15, -0.1) is 0 Å². The smallest absolute Gasteiger partial charge is 0.216 e. The summed E-state index contributed by atoms with van der Waals surface area (Å²) in [6.07, 6.45) is 3.21. The first-order valence-electron chi connectivity index (χ1n) is 3.52. The third-order valence-electron chi connectivity index (χ3n) is 1.33. The molecule has 1 rings (SSSR count). The van der Waals surface area contributed by atoms with Crippen LogP contribution in [0.15, 0.2) is 11.5 Å². The lowest BCUT2D eigenvalue weighted by molar-refractivity contribution is -0.118. The zero-order chi connectivity index (χ0) is 8.10. The van der Waals surface area contributed by atoms with E-state index in [1.807, 2.05) is 10.8 Å². The lowest BCUT2D eigenvalue weighted by Gasteiger charge is -2.05. The first kappa shape index (κ1) is 9.00. The van der Waals surface area contributed by atoms with Gasteiger partial charge in [0.2, 0.25) is 5.91 Å². The molecule has 0 bridgehead atoms. The zero-order valence-corrected chi connectivity index (χ0v) is 8.00. The van der Waals surface area contributed by atoms with Crippen LogP contribution in [0, 0.1) is 0 Å². The maximum Gasteiger partial charge on any atom is 0.216 e. The highest BCUT2D eigenvalue weighted by molar-refractivity contribution is 8.78. The van der Waals surface area contributed by atoms with Crippen LogP contribution in [0.4, 0.5) is 0 Å². The quantitative estimate of drug-likeness (QED) is 0.686. The van der Waals surface area contributed by atoms with Crippen LogP contribution in [-0.2, 0) is 4.79 Å². The number of hydrogen-bond donors (Lipinski definition) is 1. The second-order valence-electron chi connectivity index (χ2n) is 2.33. The van der Waals surface area contributed by atoms with E-state index in [4.69, 9.17) is 0 Å². The van der Waals surface area contributed by atoms with Gasteiger partial charge in [-0.2, -0.15) is 0 Å². The van der Waals surface area contributed by atoms with Crippen molar-refractivity contribution in [2.75, 3.05) is 6.54 Å². The van der Waals surface area contributed by atoms with Crippen LogP contribution in [0.1, 0.15) is 13.3 Å². The number of amides is 1. The van der Waals surface area contributed by atoms with E-state index in [1.165, 1.54) is 0 Å². The van der Waals surface area contributed by atoms with Crippen molar-refractivity contribution >= 4 is 27.5 Å². The first-order chi connectivity index (χ1) is 5.29. The maximum absolute atomic E-state index is 10.5. The summed E-state index contributed by atoms with van der Waals surface area (Å²) in [6, 6.07) is 0. The molecular weight excluding hydrogens is 178 g/mol. The van der Waals surface area contributed by atoms with Crippen LogP contribution >= 0.6 is 21.6 Å². The topological polar surface area (TPSA) is 29.1 Å². The van der Waals surface area contributed by atoms with E-state index in [1.54, 1.807) is 17.7 Å². The van der Waals surface area contributed by atoms with Gasteiger partial charge in [0.15, 0.2) is 0 Å². The minimum Gasteiger partial charge on any atom is -0.356 e. The predicted octanol–water partition coefficient (Wildman–Crippen LogP) is 1.79. The molecule has 1 N–H and O–H groups in total. The zero-order valence-electron chi connectivity index (χ0n) is 6.37. The summed E-state index contributed by atoms with van der Waals surface area (Å²) in [5.74, 6) is 0.0598. The molecule has 0 radical (unpaired) electrons. The Bertz CT molecular complexity index is 170. The van der Waals surface area contributed by atoms with Crippen molar-refractivity contribution in [1.29, 1.82) is 0 Å². The molecule has 1 atom stereocenters. The Morgan fingerprint density at radius 2 is 2.55 bits per heavy atom. The molecule has 62 valence electrons. The normalized spacial score (nSPS) is 22.1. The van der Waals surface area contributed by atoms with E-state index in [9.17, 15) is 4.79 Å². The largest absolute Gasteiger partial charge is 0.356 e. The Labute approximate surface area is 74.6 Å². The summed E-state index contributed by atoms with van der Waals surface area (Å²) in [5.41, 5.74) is 0. The molecule has 0 saturated carbocycles. The Morgan fingerprint density at radius 1 is 1.73 bits per heavy atom. The van der Waals surface area contributed by atoms with Crippen LogP contribution < -0.4 is 5.32 Å². The van der Waals surface area contributed by atoms with E-state index in [2.05, 4.69) is 16.8 Å². The van der Waals surface area contributed by atoms with Gasteiger partial charge in [0.25, 0.3) is 0 Å². The first-order valence-corrected chi connectivity index (χ1v) is 5.80. The van der Waals surface area contributed by atoms with Crippen LogP contribution in [0.5, 0.6) is 0 Å². The van der Waals surface area contributed by atoms with Crippen molar-refractivity contribution in [3.05, 3.63) is 11.5 Å². The SMILES string of the molecule is CC(=O)NCCC1C=CSS1. The molecule has 1 unspecified atom stereocenters. The van der Waals surface area contributed by atoms with E-state index in [0.29, 0.717) is 5.25 Å². The number of hydrogen-bond acceptors (Lipinski definition) is 3. The summed E-state index contributed by atoms with van der Waals surface area (Å²) < 4.78 is 0. The maximum atomic E-state index is 10.5. The molecular formula is C7H11NOS2. The van der Waals surface area contributed by atoms with E-state index in [0.717, 1.165) is 13.0 Å². The van der Waals surface area contributed by atoms with Crippen molar-refractivity contribution < 1.29 is 4.79 Å². The third kappa shape index (κ3) is 3.72. The predicted molar refractivity (Wildman–Crippen MR) is 51.4 cm³/mol. The average Bonchev–Trinajstić information content (AvgIpc) is 2.39. The molecule has 4 heteroatoms. The van der Waals surface area contributed by atoms with Gasteiger partial charge in [0.1, 0.15) is 0 Å². The molecule has 0 aromatic rings. The molecule has 1 aliphatic rings. The van der Waals surface area contributed by atoms with Gasteiger partial charge in [0, 0.05) is 18.7 Å². The fourth-order valence-corrected chi connectivity index (χ4v) is 3.00. The third-order valence-corrected chi connectivity index (χ3v) is 3.76. The van der Waals surface area contributed by atoms with E-state index in [-0.39, 0.29) is 5.91 Å². The lowest BCUT2D eigenvalue weighted by Crippen LogP contribution is -2.22. The van der Waals surface area contributed by atoms with Crippen molar-refractivity contribution in [2.24, 2.45) is 0 Å². The van der Waals surface area contributed by atoms with Crippen LogP contribution in [0.3, 0.4) is 0 Å². The molecule has 0 saturated heterocycles. The van der Waals surface area contributed by atoms with Gasteiger partial charge in [-0.3, -0.25) is 4.79 Å². The Morgan fingerprint density at radius 3 is 3.09 bits per heavy atom. The number of nitrogens with one attached hydrogen (secondary N) is 1. The fraction of sp³-hybridized carbons (Fsp3) is 0.571. The number of rotatable bonds is 3. The molecule has 0 fully saturated rings. The average molecular weight is 189 g/mol. The fourth-order valence-electron chi connectivity index (χ4n) is 0.790. The van der Waals surface area contributed by atoms with Gasteiger partial charge in [-0.1, -0.05) is 27.7 Å². The van der Waals surface area contributed by atoms with Crippen LogP contribution in [0.25, 0.3) is 0 Å². The molecule has 1 amide bonds. The highest BCUT2D eigenvalue weighted by Gasteiger charge is 2.09. The van der Waals surface area contributed by atoms with Gasteiger partial charge in [-0.05, 0) is 11.8 Å². The Balaban J connectivity index is 2.03. The van der Waals surface area contributed by atoms with Crippen LogP contribution in [-0.4, -0.2) is 17.7 Å². The highest BCUT2D eigenvalue weighted by Crippen LogP contribution is 2.36. The minimum absolute atomic E-state index is 0.0598. The minimum atomic E-state index is 0.0598.